The van der Waals surface area contributed by atoms with Crippen LogP contribution in [0, 0.1) is 0 Å². The van der Waals surface area contributed by atoms with Gasteiger partial charge in [-0.3, -0.25) is 9.59 Å². The van der Waals surface area contributed by atoms with Gasteiger partial charge in [0, 0.05) is 17.0 Å². The van der Waals surface area contributed by atoms with Gasteiger partial charge in [-0.25, -0.2) is 9.89 Å². The number of aromatic amines is 1. The Balaban J connectivity index is 1.60. The summed E-state index contributed by atoms with van der Waals surface area (Å²) in [4.78, 5) is 35.7. The Hall–Kier alpha value is -3.19. The zero-order valence-corrected chi connectivity index (χ0v) is 14.2. The molecule has 3 rings (SSSR count). The Bertz CT molecular complexity index is 1010. The van der Waals surface area contributed by atoms with Crippen molar-refractivity contribution in [1.29, 1.82) is 0 Å². The molecule has 8 heteroatoms. The lowest BCUT2D eigenvalue weighted by molar-refractivity contribution is -0.124. The van der Waals surface area contributed by atoms with Crippen molar-refractivity contribution in [2.24, 2.45) is 0 Å². The summed E-state index contributed by atoms with van der Waals surface area (Å²) < 4.78 is 4.99. The summed E-state index contributed by atoms with van der Waals surface area (Å²) in [7, 11) is 0. The Kier molecular flexibility index (Phi) is 5.28. The monoisotopic (exact) mass is 371 g/mol. The number of hydrogen-bond acceptors (Lipinski definition) is 5. The molecule has 0 spiro atoms. The minimum absolute atomic E-state index is 0.0503. The number of carbonyl (C=O) groups excluding carboxylic acids is 2. The second kappa shape index (κ2) is 7.79. The molecule has 7 nitrogen and oxygen atoms in total. The van der Waals surface area contributed by atoms with Crippen LogP contribution in [0.2, 0.25) is 5.02 Å². The summed E-state index contributed by atoms with van der Waals surface area (Å²) in [6, 6.07) is 13.5. The summed E-state index contributed by atoms with van der Waals surface area (Å²) in [5.41, 5.74) is 0.408. The fourth-order valence-electron chi connectivity index (χ4n) is 2.32. The van der Waals surface area contributed by atoms with Gasteiger partial charge in [-0.2, -0.15) is 5.10 Å². The lowest BCUT2D eigenvalue weighted by atomic mass is 10.1. The number of ether oxygens (including phenoxy) is 1. The molecular formula is C18H14ClN3O4. The largest absolute Gasteiger partial charge is 0.451 e. The smallest absolute Gasteiger partial charge is 0.359 e. The molecule has 3 aromatic rings. The topological polar surface area (TPSA) is 101 Å². The van der Waals surface area contributed by atoms with E-state index in [1.54, 1.807) is 48.5 Å². The van der Waals surface area contributed by atoms with Gasteiger partial charge in [0.25, 0.3) is 11.5 Å². The molecule has 0 saturated carbocycles. The van der Waals surface area contributed by atoms with Gasteiger partial charge >= 0.3 is 5.97 Å². The third kappa shape index (κ3) is 4.07. The highest BCUT2D eigenvalue weighted by Crippen LogP contribution is 2.13. The van der Waals surface area contributed by atoms with Gasteiger partial charge in [0.1, 0.15) is 0 Å². The average molecular weight is 372 g/mol. The van der Waals surface area contributed by atoms with Crippen LogP contribution >= 0.6 is 11.6 Å². The van der Waals surface area contributed by atoms with E-state index < -0.39 is 24.0 Å². The maximum Gasteiger partial charge on any atom is 0.359 e. The fraction of sp³-hybridized carbons (Fsp3) is 0.111. The molecule has 0 aliphatic carbocycles. The van der Waals surface area contributed by atoms with Crippen molar-refractivity contribution >= 4 is 34.2 Å². The maximum atomic E-state index is 12.2. The van der Waals surface area contributed by atoms with Crippen LogP contribution in [-0.4, -0.2) is 28.7 Å². The van der Waals surface area contributed by atoms with Gasteiger partial charge in [-0.05, 0) is 23.8 Å². The van der Waals surface area contributed by atoms with E-state index in [1.807, 2.05) is 0 Å². The number of nitrogens with one attached hydrogen (secondary N) is 2. The molecule has 1 amide bonds. The molecule has 132 valence electrons. The lowest BCUT2D eigenvalue weighted by Gasteiger charge is -2.07. The van der Waals surface area contributed by atoms with Crippen LogP contribution in [0.5, 0.6) is 0 Å². The van der Waals surface area contributed by atoms with Crippen LogP contribution in [-0.2, 0) is 16.1 Å². The van der Waals surface area contributed by atoms with E-state index in [4.69, 9.17) is 16.3 Å². The van der Waals surface area contributed by atoms with Crippen LogP contribution in [0.25, 0.3) is 10.8 Å². The number of carbonyl (C=O) groups is 2. The first-order chi connectivity index (χ1) is 12.5. The van der Waals surface area contributed by atoms with E-state index in [0.29, 0.717) is 15.8 Å². The molecule has 2 aromatic carbocycles. The van der Waals surface area contributed by atoms with Crippen LogP contribution in [0.15, 0.2) is 53.3 Å². The number of halogens is 1. The average Bonchev–Trinajstić information content (AvgIpc) is 2.66. The second-order valence-corrected chi connectivity index (χ2v) is 5.86. The van der Waals surface area contributed by atoms with Crippen molar-refractivity contribution in [1.82, 2.24) is 15.5 Å². The number of esters is 1. The van der Waals surface area contributed by atoms with E-state index in [0.717, 1.165) is 5.56 Å². The van der Waals surface area contributed by atoms with Crippen molar-refractivity contribution in [3.05, 3.63) is 75.2 Å². The Labute approximate surface area is 152 Å². The van der Waals surface area contributed by atoms with Crippen LogP contribution in [0.4, 0.5) is 0 Å². The zero-order valence-electron chi connectivity index (χ0n) is 13.5. The van der Waals surface area contributed by atoms with Crippen LogP contribution in [0.3, 0.4) is 0 Å². The highest BCUT2D eigenvalue weighted by molar-refractivity contribution is 6.30. The molecule has 2 N–H and O–H groups in total. The summed E-state index contributed by atoms with van der Waals surface area (Å²) in [6.45, 7) is -0.172. The van der Waals surface area contributed by atoms with Crippen LogP contribution < -0.4 is 10.9 Å². The number of amides is 1. The molecule has 0 atom stereocenters. The van der Waals surface area contributed by atoms with Crippen molar-refractivity contribution in [2.45, 2.75) is 6.54 Å². The van der Waals surface area contributed by atoms with Crippen molar-refractivity contribution in [3.63, 3.8) is 0 Å². The van der Waals surface area contributed by atoms with Crippen molar-refractivity contribution in [2.75, 3.05) is 6.61 Å². The predicted molar refractivity (Wildman–Crippen MR) is 95.9 cm³/mol. The number of fused-ring (bicyclic) bond motifs is 1. The van der Waals surface area contributed by atoms with E-state index in [9.17, 15) is 14.4 Å². The van der Waals surface area contributed by atoms with Crippen LogP contribution in [0.1, 0.15) is 16.1 Å². The molecule has 26 heavy (non-hydrogen) atoms. The third-order valence-corrected chi connectivity index (χ3v) is 3.88. The van der Waals surface area contributed by atoms with E-state index in [-0.39, 0.29) is 12.2 Å². The Morgan fingerprint density at radius 2 is 1.77 bits per heavy atom. The highest BCUT2D eigenvalue weighted by Gasteiger charge is 2.16. The highest BCUT2D eigenvalue weighted by atomic mass is 35.5. The molecule has 0 bridgehead atoms. The molecule has 1 aromatic heterocycles. The van der Waals surface area contributed by atoms with Gasteiger partial charge in [0.05, 0.1) is 5.39 Å². The first-order valence-electron chi connectivity index (χ1n) is 7.70. The quantitative estimate of drug-likeness (QED) is 0.668. The summed E-state index contributed by atoms with van der Waals surface area (Å²) >= 11 is 5.80. The number of benzene rings is 2. The SMILES string of the molecule is O=C(COC(=O)c1n[nH]c(=O)c2ccccc12)NCc1ccc(Cl)cc1. The van der Waals surface area contributed by atoms with E-state index in [1.165, 1.54) is 0 Å². The molecule has 0 aliphatic rings. The first kappa shape index (κ1) is 17.6. The Morgan fingerprint density at radius 3 is 2.50 bits per heavy atom. The van der Waals surface area contributed by atoms with E-state index in [2.05, 4.69) is 15.5 Å². The zero-order chi connectivity index (χ0) is 18.5. The number of H-pyrrole nitrogens is 1. The normalized spacial score (nSPS) is 10.5. The molecule has 1 heterocycles. The molecule has 0 saturated heterocycles. The number of rotatable bonds is 5. The number of hydrogen-bond donors (Lipinski definition) is 2. The third-order valence-electron chi connectivity index (χ3n) is 3.63. The predicted octanol–water partition coefficient (Wildman–Crippen LogP) is 2.05. The minimum Gasteiger partial charge on any atom is -0.451 e. The Morgan fingerprint density at radius 1 is 1.08 bits per heavy atom. The van der Waals surface area contributed by atoms with E-state index >= 15 is 0 Å². The molecule has 0 unspecified atom stereocenters. The van der Waals surface area contributed by atoms with Crippen molar-refractivity contribution in [3.8, 4) is 0 Å². The molecule has 0 aliphatic heterocycles. The summed E-state index contributed by atoms with van der Waals surface area (Å²) in [5.74, 6) is -1.25. The van der Waals surface area contributed by atoms with Gasteiger partial charge in [-0.15, -0.1) is 0 Å². The molecule has 0 fully saturated rings. The number of aromatic nitrogens is 2. The second-order valence-electron chi connectivity index (χ2n) is 5.43. The summed E-state index contributed by atoms with van der Waals surface area (Å²) in [5, 5.41) is 9.90. The van der Waals surface area contributed by atoms with Gasteiger partial charge in [-0.1, -0.05) is 41.9 Å². The number of nitrogens with zero attached hydrogens (tertiary/aromatic N) is 1. The molecular weight excluding hydrogens is 358 g/mol. The van der Waals surface area contributed by atoms with Gasteiger partial charge in [0.15, 0.2) is 12.3 Å². The van der Waals surface area contributed by atoms with Gasteiger partial charge < -0.3 is 10.1 Å². The molecule has 0 radical (unpaired) electrons. The van der Waals surface area contributed by atoms with Gasteiger partial charge in [0.2, 0.25) is 0 Å². The standard InChI is InChI=1S/C18H14ClN3O4/c19-12-7-5-11(6-8-12)9-20-15(23)10-26-18(25)16-13-3-1-2-4-14(13)17(24)22-21-16/h1-8H,9-10H2,(H,20,23)(H,22,24). The lowest BCUT2D eigenvalue weighted by Crippen LogP contribution is -2.28. The minimum atomic E-state index is -0.793. The fourth-order valence-corrected chi connectivity index (χ4v) is 2.45. The maximum absolute atomic E-state index is 12.2. The summed E-state index contributed by atoms with van der Waals surface area (Å²) in [6.07, 6.45) is 0. The first-order valence-corrected chi connectivity index (χ1v) is 8.08. The van der Waals surface area contributed by atoms with Crippen molar-refractivity contribution < 1.29 is 14.3 Å².